The molecule has 3 saturated heterocycles. The molecule has 7 rings (SSSR count). The van der Waals surface area contributed by atoms with Crippen LogP contribution in [0, 0.1) is 5.69 Å². The molecule has 0 unspecified atom stereocenters. The maximum absolute atomic E-state index is 16.0. The van der Waals surface area contributed by atoms with Crippen molar-refractivity contribution >= 4 is 70.7 Å². The van der Waals surface area contributed by atoms with E-state index in [0.717, 1.165) is 12.7 Å². The molecule has 246 valence electrons. The van der Waals surface area contributed by atoms with Gasteiger partial charge in [0.15, 0.2) is 41.3 Å². The quantitative estimate of drug-likeness (QED) is 0.142. The van der Waals surface area contributed by atoms with Gasteiger partial charge in [-0.1, -0.05) is 17.9 Å². The molecule has 46 heavy (non-hydrogen) atoms. The van der Waals surface area contributed by atoms with E-state index in [9.17, 15) is 19.0 Å². The third kappa shape index (κ3) is 5.41. The summed E-state index contributed by atoms with van der Waals surface area (Å²) in [5, 5.41) is 11.3. The summed E-state index contributed by atoms with van der Waals surface area (Å²) in [5.41, 5.74) is 16.7. The Labute approximate surface area is 264 Å². The van der Waals surface area contributed by atoms with Crippen LogP contribution in [-0.4, -0.2) is 94.0 Å². The number of aliphatic hydroxyl groups excluding tert-OH is 1. The number of thiol groups is 1. The maximum Gasteiger partial charge on any atom is 0.418 e. The zero-order valence-corrected chi connectivity index (χ0v) is 26.4. The van der Waals surface area contributed by atoms with Gasteiger partial charge in [-0.15, -0.1) is 0 Å². The third-order valence-electron chi connectivity index (χ3n) is 7.40. The summed E-state index contributed by atoms with van der Waals surface area (Å²) in [4.78, 5) is 34.7. The van der Waals surface area contributed by atoms with Crippen molar-refractivity contribution in [3.63, 3.8) is 0 Å². The number of nitrogen functional groups attached to an aromatic ring is 2. The fraction of sp³-hybridized carbons (Fsp3) is 0.476. The van der Waals surface area contributed by atoms with Crippen LogP contribution in [-0.2, 0) is 36.7 Å². The molecule has 0 saturated carbocycles. The Morgan fingerprint density at radius 1 is 1.00 bits per heavy atom. The van der Waals surface area contributed by atoms with Crippen molar-refractivity contribution in [3.05, 3.63) is 29.3 Å². The van der Waals surface area contributed by atoms with Crippen LogP contribution in [0.5, 0.6) is 0 Å². The van der Waals surface area contributed by atoms with E-state index in [-0.39, 0.29) is 44.9 Å². The number of rotatable bonds is 2. The number of ether oxygens (including phenoxy) is 2. The van der Waals surface area contributed by atoms with Crippen molar-refractivity contribution in [1.82, 2.24) is 39.0 Å². The van der Waals surface area contributed by atoms with Crippen LogP contribution in [0.4, 0.5) is 16.2 Å². The molecule has 0 aromatic carbocycles. The van der Waals surface area contributed by atoms with Gasteiger partial charge in [-0.2, -0.15) is 4.98 Å². The second-order valence-corrected chi connectivity index (χ2v) is 16.6. The van der Waals surface area contributed by atoms with Gasteiger partial charge in [-0.05, 0) is 10.8 Å². The molecular formula is C21H23FN10O10P2S2. The molecule has 3 aliphatic rings. The number of H-pyrrole nitrogens is 1. The molecule has 25 heteroatoms. The second-order valence-electron chi connectivity index (χ2n) is 10.2. The Balaban J connectivity index is 1.19. The third-order valence-corrected chi connectivity index (χ3v) is 11.6. The molecule has 0 aliphatic carbocycles. The first kappa shape index (κ1) is 31.6. The minimum atomic E-state index is -4.41. The smallest absolute Gasteiger partial charge is 0.386 e. The van der Waals surface area contributed by atoms with Crippen molar-refractivity contribution in [1.29, 1.82) is 0 Å². The molecule has 0 radical (unpaired) electrons. The van der Waals surface area contributed by atoms with Gasteiger partial charge in [0, 0.05) is 0 Å². The van der Waals surface area contributed by atoms with Gasteiger partial charge in [0.1, 0.15) is 42.4 Å². The minimum Gasteiger partial charge on any atom is -0.386 e. The zero-order chi connectivity index (χ0) is 32.5. The van der Waals surface area contributed by atoms with E-state index in [1.54, 1.807) is 0 Å². The predicted molar refractivity (Wildman–Crippen MR) is 159 cm³/mol. The van der Waals surface area contributed by atoms with Gasteiger partial charge >= 0.3 is 13.6 Å². The lowest BCUT2D eigenvalue weighted by molar-refractivity contribution is -0.0555. The Morgan fingerprint density at radius 2 is 1.67 bits per heavy atom. The van der Waals surface area contributed by atoms with E-state index in [4.69, 9.17) is 44.7 Å². The monoisotopic (exact) mass is 720 g/mol. The topological polar surface area (TPSA) is 269 Å². The van der Waals surface area contributed by atoms with Crippen LogP contribution >= 0.6 is 36.6 Å². The average molecular weight is 721 g/mol. The van der Waals surface area contributed by atoms with Crippen LogP contribution in [0.25, 0.3) is 22.3 Å². The van der Waals surface area contributed by atoms with Gasteiger partial charge in [0.25, 0.3) is 5.56 Å². The number of nitrogens with one attached hydrogen (secondary N) is 1. The van der Waals surface area contributed by atoms with Crippen molar-refractivity contribution in [3.8, 4) is 5.69 Å². The molecule has 3 fully saturated rings. The average Bonchev–Trinajstić information content (AvgIpc) is 3.76. The van der Waals surface area contributed by atoms with Crippen LogP contribution in [0.3, 0.4) is 0 Å². The number of nitrogens with two attached hydrogens (primary N) is 2. The lowest BCUT2D eigenvalue weighted by Crippen LogP contribution is -2.37. The van der Waals surface area contributed by atoms with Crippen molar-refractivity contribution in [2.45, 2.75) is 49.1 Å². The molecular weight excluding hydrogens is 697 g/mol. The molecule has 4 aromatic heterocycles. The molecule has 6 N–H and O–H groups in total. The maximum atomic E-state index is 16.0. The number of halogens is 1. The number of aliphatic hydroxyl groups is 1. The summed E-state index contributed by atoms with van der Waals surface area (Å²) < 4.78 is 79.7. The largest absolute Gasteiger partial charge is 0.418 e. The fourth-order valence-corrected chi connectivity index (χ4v) is 8.68. The summed E-state index contributed by atoms with van der Waals surface area (Å²) in [5.74, 6) is -0.190. The number of aromatic nitrogens is 8. The molecule has 0 amide bonds. The molecule has 3 aliphatic heterocycles. The van der Waals surface area contributed by atoms with Gasteiger partial charge in [0.2, 0.25) is 5.95 Å². The summed E-state index contributed by atoms with van der Waals surface area (Å²) in [6.45, 7) is -10.1. The van der Waals surface area contributed by atoms with Crippen molar-refractivity contribution < 1.29 is 46.2 Å². The highest BCUT2D eigenvalue weighted by atomic mass is 32.7. The number of aromatic amines is 1. The van der Waals surface area contributed by atoms with E-state index in [1.165, 1.54) is 15.5 Å². The summed E-state index contributed by atoms with van der Waals surface area (Å²) in [7, 11) is 0.196. The Morgan fingerprint density at radius 3 is 2.43 bits per heavy atom. The Bertz CT molecular complexity index is 2040. The van der Waals surface area contributed by atoms with Crippen LogP contribution in [0.2, 0.25) is 0 Å². The van der Waals surface area contributed by atoms with Gasteiger partial charge in [0.05, 0.1) is 25.9 Å². The van der Waals surface area contributed by atoms with Crippen molar-refractivity contribution in [2.24, 2.45) is 0 Å². The fourth-order valence-electron chi connectivity index (χ4n) is 5.33. The first-order valence-corrected chi connectivity index (χ1v) is 18.9. The Hall–Kier alpha value is -3.04. The first-order valence-electron chi connectivity index (χ1n) is 13.1. The summed E-state index contributed by atoms with van der Waals surface area (Å²) in [6.07, 6.45) is -8.79. The number of alkyl halides is 1. The van der Waals surface area contributed by atoms with E-state index < -0.39 is 81.5 Å². The number of imidazole rings is 2. The first-order chi connectivity index (χ1) is 21.9. The van der Waals surface area contributed by atoms with Gasteiger partial charge in [-0.3, -0.25) is 37.0 Å². The number of hydrogen-bond acceptors (Lipinski definition) is 17. The predicted octanol–water partition coefficient (Wildman–Crippen LogP) is 0.903. The van der Waals surface area contributed by atoms with Gasteiger partial charge < -0.3 is 26.0 Å². The SMILES string of the molecule is C#S[P@]1(=O)OC[C@H]2O[C@@H](n3cnc4c(N)ncnc43)[C@H](F)[C@@H]2O[P@](=O)(S)OC[C@H]2O[C@@H](n3cnc4c(=O)[nH]c(N)nc43)[C@H](O)[C@@H]2O1. The van der Waals surface area contributed by atoms with E-state index >= 15 is 4.39 Å². The van der Waals surface area contributed by atoms with Gasteiger partial charge in [-0.25, -0.2) is 33.5 Å². The number of anilines is 2. The van der Waals surface area contributed by atoms with E-state index in [2.05, 4.69) is 42.2 Å². The lowest BCUT2D eigenvalue weighted by atomic mass is 10.1. The molecule has 10 atom stereocenters. The highest BCUT2D eigenvalue weighted by Crippen LogP contribution is 2.61. The molecule has 4 aromatic rings. The van der Waals surface area contributed by atoms with Crippen molar-refractivity contribution in [2.75, 3.05) is 24.7 Å². The molecule has 0 bridgehead atoms. The van der Waals surface area contributed by atoms with Crippen LogP contribution in [0.15, 0.2) is 23.8 Å². The van der Waals surface area contributed by atoms with E-state index in [1.807, 2.05) is 0 Å². The molecule has 20 nitrogen and oxygen atoms in total. The van der Waals surface area contributed by atoms with Crippen LogP contribution in [0.1, 0.15) is 12.5 Å². The number of nitrogens with zero attached hydrogens (tertiary/aromatic N) is 7. The highest BCUT2D eigenvalue weighted by molar-refractivity contribution is 8.48. The molecule has 7 heterocycles. The summed E-state index contributed by atoms with van der Waals surface area (Å²) in [6, 6.07) is 0. The minimum absolute atomic E-state index is 0.0435. The standard InChI is InChI=1S/C21H23FN10O10P2S2/c1-46-44(36)38-3-7-13(9(22)19(39-7)31-5-27-10-15(23)25-4-26-16(10)31)41-43(35,45)37-2-8-14(42-44)12(33)20(40-8)32-6-28-11-17(32)29-21(24)30-18(11)34/h1,4-9,12-14,19-20,33H,2-3H2,(H,35,45)(H2,23,25,26)(H3,24,29,30,34)/t7-,8-,9-,12-,13-,14-,19-,20-,43-,44-/m1/s1. The lowest BCUT2D eigenvalue weighted by Gasteiger charge is -2.28. The van der Waals surface area contributed by atoms with Crippen LogP contribution < -0.4 is 17.0 Å². The normalized spacial score (nSPS) is 37.0. The van der Waals surface area contributed by atoms with E-state index in [0.29, 0.717) is 0 Å². The second kappa shape index (κ2) is 11.6. The number of hydrogen-bond donors (Lipinski definition) is 5. The Kier molecular flexibility index (Phi) is 7.95. The summed E-state index contributed by atoms with van der Waals surface area (Å²) >= 11 is 4.01. The molecule has 0 spiro atoms. The highest BCUT2D eigenvalue weighted by Gasteiger charge is 2.54. The zero-order valence-electron chi connectivity index (χ0n) is 22.9. The number of fused-ring (bicyclic) bond motifs is 4.